The van der Waals surface area contributed by atoms with Gasteiger partial charge in [0.15, 0.2) is 5.96 Å². The van der Waals surface area contributed by atoms with E-state index in [1.165, 1.54) is 18.5 Å². The summed E-state index contributed by atoms with van der Waals surface area (Å²) in [6, 6.07) is 4.23. The van der Waals surface area contributed by atoms with E-state index in [4.69, 9.17) is 14.5 Å². The first-order valence-electron chi connectivity index (χ1n) is 10.2. The minimum Gasteiger partial charge on any atom is -0.494 e. The third-order valence-electron chi connectivity index (χ3n) is 5.18. The SMILES string of the molecule is CCNC(=NCc1cc2c(cc1OCC)CC(C)O2)NCC1CCN(C)C1.I. The molecule has 0 amide bonds. The molecule has 1 fully saturated rings. The summed E-state index contributed by atoms with van der Waals surface area (Å²) in [6.45, 7) is 11.6. The van der Waals surface area contributed by atoms with E-state index in [9.17, 15) is 0 Å². The highest BCUT2D eigenvalue weighted by Crippen LogP contribution is 2.35. The number of nitrogens with one attached hydrogen (secondary N) is 2. The average Bonchev–Trinajstić information content (AvgIpc) is 3.21. The predicted octanol–water partition coefficient (Wildman–Crippen LogP) is 3.03. The zero-order valence-corrected chi connectivity index (χ0v) is 19.9. The maximum absolute atomic E-state index is 5.92. The molecule has 1 saturated heterocycles. The van der Waals surface area contributed by atoms with Crippen molar-refractivity contribution in [3.8, 4) is 11.5 Å². The lowest BCUT2D eigenvalue weighted by molar-refractivity contribution is 0.254. The molecule has 2 aliphatic rings. The summed E-state index contributed by atoms with van der Waals surface area (Å²) in [5.41, 5.74) is 2.30. The molecule has 0 aliphatic carbocycles. The Morgan fingerprint density at radius 3 is 2.82 bits per heavy atom. The molecule has 158 valence electrons. The number of likely N-dealkylation sites (tertiary alicyclic amines) is 1. The minimum atomic E-state index is 0. The van der Waals surface area contributed by atoms with E-state index < -0.39 is 0 Å². The van der Waals surface area contributed by atoms with Crippen LogP contribution in [0.5, 0.6) is 11.5 Å². The maximum Gasteiger partial charge on any atom is 0.191 e. The summed E-state index contributed by atoms with van der Waals surface area (Å²) >= 11 is 0. The molecule has 3 rings (SSSR count). The van der Waals surface area contributed by atoms with Gasteiger partial charge in [0.1, 0.15) is 17.6 Å². The fourth-order valence-corrected chi connectivity index (χ4v) is 3.83. The zero-order valence-electron chi connectivity index (χ0n) is 17.6. The Labute approximate surface area is 186 Å². The molecule has 0 bridgehead atoms. The monoisotopic (exact) mass is 502 g/mol. The highest BCUT2D eigenvalue weighted by atomic mass is 127. The van der Waals surface area contributed by atoms with Crippen LogP contribution in [0.25, 0.3) is 0 Å². The van der Waals surface area contributed by atoms with Crippen molar-refractivity contribution >= 4 is 29.9 Å². The molecular weight excluding hydrogens is 467 g/mol. The molecule has 2 unspecified atom stereocenters. The molecule has 1 aromatic rings. The van der Waals surface area contributed by atoms with Gasteiger partial charge in [-0.05, 0) is 58.8 Å². The molecule has 28 heavy (non-hydrogen) atoms. The largest absolute Gasteiger partial charge is 0.494 e. The average molecular weight is 502 g/mol. The highest BCUT2D eigenvalue weighted by molar-refractivity contribution is 14.0. The molecule has 0 saturated carbocycles. The predicted molar refractivity (Wildman–Crippen MR) is 125 cm³/mol. The van der Waals surface area contributed by atoms with Gasteiger partial charge in [0.05, 0.1) is 13.2 Å². The van der Waals surface area contributed by atoms with Crippen LogP contribution in [-0.4, -0.2) is 56.8 Å². The Hall–Kier alpha value is -1.22. The molecule has 1 aromatic carbocycles. The van der Waals surface area contributed by atoms with Crippen LogP contribution >= 0.6 is 24.0 Å². The van der Waals surface area contributed by atoms with Gasteiger partial charge in [0, 0.05) is 37.2 Å². The number of aliphatic imine (C=N–C) groups is 1. The number of benzene rings is 1. The fraction of sp³-hybridized carbons (Fsp3) is 0.667. The first kappa shape index (κ1) is 23.1. The van der Waals surface area contributed by atoms with E-state index in [2.05, 4.69) is 48.6 Å². The van der Waals surface area contributed by atoms with Gasteiger partial charge in [-0.3, -0.25) is 0 Å². The number of fused-ring (bicyclic) bond motifs is 1. The lowest BCUT2D eigenvalue weighted by Gasteiger charge is -2.16. The van der Waals surface area contributed by atoms with E-state index >= 15 is 0 Å². The van der Waals surface area contributed by atoms with E-state index in [1.54, 1.807) is 0 Å². The Kier molecular flexibility index (Phi) is 9.14. The van der Waals surface area contributed by atoms with Crippen molar-refractivity contribution in [2.45, 2.75) is 46.3 Å². The molecule has 2 aliphatic heterocycles. The quantitative estimate of drug-likeness (QED) is 0.341. The van der Waals surface area contributed by atoms with E-state index in [0.717, 1.165) is 49.1 Å². The van der Waals surface area contributed by atoms with Gasteiger partial charge in [0.25, 0.3) is 0 Å². The van der Waals surface area contributed by atoms with Crippen molar-refractivity contribution in [2.24, 2.45) is 10.9 Å². The van der Waals surface area contributed by atoms with Crippen molar-refractivity contribution < 1.29 is 9.47 Å². The summed E-state index contributed by atoms with van der Waals surface area (Å²) in [6.07, 6.45) is 2.42. The molecule has 7 heteroatoms. The van der Waals surface area contributed by atoms with E-state index in [1.807, 2.05) is 6.92 Å². The molecule has 0 aromatic heterocycles. The second-order valence-corrected chi connectivity index (χ2v) is 7.63. The summed E-state index contributed by atoms with van der Waals surface area (Å²) in [4.78, 5) is 7.18. The first-order valence-corrected chi connectivity index (χ1v) is 10.2. The van der Waals surface area contributed by atoms with Crippen molar-refractivity contribution in [3.05, 3.63) is 23.3 Å². The Morgan fingerprint density at radius 2 is 2.14 bits per heavy atom. The van der Waals surface area contributed by atoms with Gasteiger partial charge in [-0.1, -0.05) is 0 Å². The van der Waals surface area contributed by atoms with Crippen LogP contribution in [0.15, 0.2) is 17.1 Å². The van der Waals surface area contributed by atoms with E-state index in [-0.39, 0.29) is 30.1 Å². The molecule has 0 radical (unpaired) electrons. The van der Waals surface area contributed by atoms with Gasteiger partial charge in [0.2, 0.25) is 0 Å². The molecular formula is C21H35IN4O2. The number of hydrogen-bond acceptors (Lipinski definition) is 4. The van der Waals surface area contributed by atoms with Gasteiger partial charge >= 0.3 is 0 Å². The van der Waals surface area contributed by atoms with Crippen LogP contribution in [0.1, 0.15) is 38.3 Å². The first-order chi connectivity index (χ1) is 13.1. The normalized spacial score (nSPS) is 21.6. The summed E-state index contributed by atoms with van der Waals surface area (Å²) < 4.78 is 11.8. The molecule has 6 nitrogen and oxygen atoms in total. The Bertz CT molecular complexity index is 668. The van der Waals surface area contributed by atoms with Crippen molar-refractivity contribution in [2.75, 3.05) is 39.8 Å². The van der Waals surface area contributed by atoms with Crippen molar-refractivity contribution in [3.63, 3.8) is 0 Å². The summed E-state index contributed by atoms with van der Waals surface area (Å²) in [7, 11) is 2.19. The number of guanidine groups is 1. The van der Waals surface area contributed by atoms with Gasteiger partial charge < -0.3 is 25.0 Å². The Morgan fingerprint density at radius 1 is 1.32 bits per heavy atom. The molecule has 2 atom stereocenters. The molecule has 2 heterocycles. The number of nitrogens with zero attached hydrogens (tertiary/aromatic N) is 2. The smallest absolute Gasteiger partial charge is 0.191 e. The van der Waals surface area contributed by atoms with E-state index in [0.29, 0.717) is 19.1 Å². The minimum absolute atomic E-state index is 0. The van der Waals surface area contributed by atoms with Crippen LogP contribution in [0.2, 0.25) is 0 Å². The third kappa shape index (κ3) is 6.14. The van der Waals surface area contributed by atoms with Crippen molar-refractivity contribution in [1.82, 2.24) is 15.5 Å². The third-order valence-corrected chi connectivity index (χ3v) is 5.18. The Balaban J connectivity index is 0.00000280. The highest BCUT2D eigenvalue weighted by Gasteiger charge is 2.22. The van der Waals surface area contributed by atoms with Crippen molar-refractivity contribution in [1.29, 1.82) is 0 Å². The molecule has 2 N–H and O–H groups in total. The lowest BCUT2D eigenvalue weighted by Crippen LogP contribution is -2.40. The summed E-state index contributed by atoms with van der Waals surface area (Å²) in [5.74, 6) is 3.45. The van der Waals surface area contributed by atoms with Crippen LogP contribution in [0.3, 0.4) is 0 Å². The van der Waals surface area contributed by atoms with Crippen LogP contribution in [0.4, 0.5) is 0 Å². The zero-order chi connectivity index (χ0) is 19.2. The van der Waals surface area contributed by atoms with Gasteiger partial charge in [-0.2, -0.15) is 0 Å². The van der Waals surface area contributed by atoms with Crippen LogP contribution in [-0.2, 0) is 13.0 Å². The summed E-state index contributed by atoms with van der Waals surface area (Å²) in [5, 5.41) is 6.86. The second kappa shape index (κ2) is 11.1. The number of ether oxygens (including phenoxy) is 2. The molecule has 0 spiro atoms. The standard InChI is InChI=1S/C21H34N4O2.HI/c1-5-22-21(23-12-16-7-8-25(4)14-16)24-13-18-11-20-17(9-15(3)27-20)10-19(18)26-6-2;/h10-11,15-16H,5-9,12-14H2,1-4H3,(H2,22,23,24);1H. The number of rotatable bonds is 7. The topological polar surface area (TPSA) is 58.1 Å². The second-order valence-electron chi connectivity index (χ2n) is 7.63. The van der Waals surface area contributed by atoms with Gasteiger partial charge in [-0.15, -0.1) is 24.0 Å². The number of hydrogen-bond donors (Lipinski definition) is 2. The van der Waals surface area contributed by atoms with Crippen LogP contribution < -0.4 is 20.1 Å². The maximum atomic E-state index is 5.92. The van der Waals surface area contributed by atoms with Crippen LogP contribution in [0, 0.1) is 5.92 Å². The fourth-order valence-electron chi connectivity index (χ4n) is 3.83. The van der Waals surface area contributed by atoms with Gasteiger partial charge in [-0.25, -0.2) is 4.99 Å². The lowest BCUT2D eigenvalue weighted by atomic mass is 10.1. The number of halogens is 1.